The van der Waals surface area contributed by atoms with Crippen LogP contribution in [0.5, 0.6) is 0 Å². The molecule has 0 radical (unpaired) electrons. The fourth-order valence-electron chi connectivity index (χ4n) is 2.10. The Labute approximate surface area is 128 Å². The van der Waals surface area contributed by atoms with Gasteiger partial charge in [0.05, 0.1) is 13.2 Å². The van der Waals surface area contributed by atoms with E-state index in [2.05, 4.69) is 15.9 Å². The first-order valence-corrected chi connectivity index (χ1v) is 6.99. The Morgan fingerprint density at radius 3 is 2.05 bits per heavy atom. The molecule has 1 aromatic rings. The van der Waals surface area contributed by atoms with Crippen molar-refractivity contribution in [3.05, 3.63) is 23.7 Å². The molecule has 0 unspecified atom stereocenters. The summed E-state index contributed by atoms with van der Waals surface area (Å²) in [5.74, 6) is -1.62. The minimum Gasteiger partial charge on any atom is -0.473 e. The SMILES string of the molecule is Cc1ccc(CN2CCN(CCO)CC2)o1.O=C(O)C(=O)O. The lowest BCUT2D eigenvalue weighted by atomic mass is 10.3. The zero-order chi connectivity index (χ0) is 16.5. The molecule has 1 fully saturated rings. The average molecular weight is 314 g/mol. The number of carboxylic acid groups (broad SMARTS) is 2. The fraction of sp³-hybridized carbons (Fsp3) is 0.571. The summed E-state index contributed by atoms with van der Waals surface area (Å²) < 4.78 is 5.57. The quantitative estimate of drug-likeness (QED) is 0.658. The normalized spacial score (nSPS) is 15.9. The maximum Gasteiger partial charge on any atom is 0.414 e. The first-order valence-electron chi connectivity index (χ1n) is 6.99. The number of hydrogen-bond donors (Lipinski definition) is 3. The van der Waals surface area contributed by atoms with Gasteiger partial charge in [0, 0.05) is 32.7 Å². The largest absolute Gasteiger partial charge is 0.473 e. The van der Waals surface area contributed by atoms with Crippen molar-refractivity contribution in [2.24, 2.45) is 0 Å². The fourth-order valence-corrected chi connectivity index (χ4v) is 2.10. The summed E-state index contributed by atoms with van der Waals surface area (Å²) in [7, 11) is 0. The number of aliphatic hydroxyl groups excluding tert-OH is 1. The van der Waals surface area contributed by atoms with Crippen LogP contribution in [-0.2, 0) is 16.1 Å². The number of aliphatic carboxylic acids is 2. The van der Waals surface area contributed by atoms with E-state index in [-0.39, 0.29) is 6.61 Å². The van der Waals surface area contributed by atoms with E-state index in [1.807, 2.05) is 13.0 Å². The summed E-state index contributed by atoms with van der Waals surface area (Å²) in [5.41, 5.74) is 0. The van der Waals surface area contributed by atoms with Crippen molar-refractivity contribution in [2.45, 2.75) is 13.5 Å². The molecular weight excluding hydrogens is 292 g/mol. The van der Waals surface area contributed by atoms with E-state index in [9.17, 15) is 0 Å². The van der Waals surface area contributed by atoms with Gasteiger partial charge in [-0.15, -0.1) is 0 Å². The molecule has 22 heavy (non-hydrogen) atoms. The highest BCUT2D eigenvalue weighted by Crippen LogP contribution is 2.11. The summed E-state index contributed by atoms with van der Waals surface area (Å²) >= 11 is 0. The Balaban J connectivity index is 0.000000346. The lowest BCUT2D eigenvalue weighted by Crippen LogP contribution is -2.46. The van der Waals surface area contributed by atoms with Crippen LogP contribution in [0.15, 0.2) is 16.5 Å². The maximum atomic E-state index is 9.10. The third kappa shape index (κ3) is 6.70. The smallest absolute Gasteiger partial charge is 0.414 e. The average Bonchev–Trinajstić information content (AvgIpc) is 2.87. The van der Waals surface area contributed by atoms with Crippen LogP contribution in [0.25, 0.3) is 0 Å². The van der Waals surface area contributed by atoms with Gasteiger partial charge in [0.15, 0.2) is 0 Å². The second kappa shape index (κ2) is 9.19. The van der Waals surface area contributed by atoms with E-state index in [1.165, 1.54) is 0 Å². The van der Waals surface area contributed by atoms with Gasteiger partial charge in [-0.3, -0.25) is 9.80 Å². The lowest BCUT2D eigenvalue weighted by Gasteiger charge is -2.33. The molecular formula is C14H22N2O6. The molecule has 8 nitrogen and oxygen atoms in total. The number of rotatable bonds is 4. The van der Waals surface area contributed by atoms with Crippen molar-refractivity contribution < 1.29 is 29.3 Å². The molecule has 3 N–H and O–H groups in total. The van der Waals surface area contributed by atoms with Gasteiger partial charge < -0.3 is 19.7 Å². The van der Waals surface area contributed by atoms with E-state index >= 15 is 0 Å². The number of carboxylic acids is 2. The zero-order valence-electron chi connectivity index (χ0n) is 12.6. The first-order chi connectivity index (χ1) is 10.4. The van der Waals surface area contributed by atoms with Gasteiger partial charge >= 0.3 is 11.9 Å². The van der Waals surface area contributed by atoms with Crippen molar-refractivity contribution in [1.29, 1.82) is 0 Å². The third-order valence-electron chi connectivity index (χ3n) is 3.24. The second-order valence-electron chi connectivity index (χ2n) is 4.96. The molecule has 2 rings (SSSR count). The van der Waals surface area contributed by atoms with Crippen molar-refractivity contribution in [1.82, 2.24) is 9.80 Å². The van der Waals surface area contributed by atoms with Crippen LogP contribution in [0.1, 0.15) is 11.5 Å². The van der Waals surface area contributed by atoms with Crippen molar-refractivity contribution in [2.75, 3.05) is 39.3 Å². The number of nitrogens with zero attached hydrogens (tertiary/aromatic N) is 2. The van der Waals surface area contributed by atoms with E-state index in [1.54, 1.807) is 0 Å². The molecule has 124 valence electrons. The van der Waals surface area contributed by atoms with Gasteiger partial charge in [0.2, 0.25) is 0 Å². The molecule has 1 saturated heterocycles. The van der Waals surface area contributed by atoms with E-state index in [0.29, 0.717) is 0 Å². The predicted molar refractivity (Wildman–Crippen MR) is 77.5 cm³/mol. The van der Waals surface area contributed by atoms with Crippen LogP contribution in [0.2, 0.25) is 0 Å². The summed E-state index contributed by atoms with van der Waals surface area (Å²) in [4.78, 5) is 22.9. The minimum absolute atomic E-state index is 0.261. The Morgan fingerprint density at radius 2 is 1.64 bits per heavy atom. The highest BCUT2D eigenvalue weighted by Gasteiger charge is 2.17. The molecule has 0 atom stereocenters. The highest BCUT2D eigenvalue weighted by atomic mass is 16.4. The molecule has 2 heterocycles. The van der Waals surface area contributed by atoms with Crippen LogP contribution in [0, 0.1) is 6.92 Å². The van der Waals surface area contributed by atoms with Crippen molar-refractivity contribution >= 4 is 11.9 Å². The molecule has 0 saturated carbocycles. The van der Waals surface area contributed by atoms with Crippen LogP contribution in [-0.4, -0.2) is 76.4 Å². The van der Waals surface area contributed by atoms with Crippen LogP contribution < -0.4 is 0 Å². The van der Waals surface area contributed by atoms with Crippen LogP contribution >= 0.6 is 0 Å². The van der Waals surface area contributed by atoms with Gasteiger partial charge in [-0.05, 0) is 19.1 Å². The molecule has 0 aliphatic carbocycles. The lowest BCUT2D eigenvalue weighted by molar-refractivity contribution is -0.159. The molecule has 8 heteroatoms. The van der Waals surface area contributed by atoms with E-state index < -0.39 is 11.9 Å². The monoisotopic (exact) mass is 314 g/mol. The Kier molecular flexibility index (Phi) is 7.58. The number of carbonyl (C=O) groups is 2. The first kappa shape index (κ1) is 18.1. The highest BCUT2D eigenvalue weighted by molar-refractivity contribution is 6.27. The number of furan rings is 1. The topological polar surface area (TPSA) is 114 Å². The molecule has 0 amide bonds. The van der Waals surface area contributed by atoms with Gasteiger partial charge in [-0.1, -0.05) is 0 Å². The van der Waals surface area contributed by atoms with Crippen LogP contribution in [0.3, 0.4) is 0 Å². The Morgan fingerprint density at radius 1 is 1.09 bits per heavy atom. The van der Waals surface area contributed by atoms with Gasteiger partial charge in [-0.25, -0.2) is 9.59 Å². The molecule has 0 spiro atoms. The number of hydrogen-bond acceptors (Lipinski definition) is 6. The maximum absolute atomic E-state index is 9.10. The molecule has 0 bridgehead atoms. The number of piperazine rings is 1. The molecule has 1 aromatic heterocycles. The van der Waals surface area contributed by atoms with Crippen LogP contribution in [0.4, 0.5) is 0 Å². The summed E-state index contributed by atoms with van der Waals surface area (Å²) in [5, 5.41) is 23.6. The van der Waals surface area contributed by atoms with E-state index in [0.717, 1.165) is 50.8 Å². The zero-order valence-corrected chi connectivity index (χ0v) is 12.6. The van der Waals surface area contributed by atoms with Gasteiger partial charge in [0.1, 0.15) is 11.5 Å². The van der Waals surface area contributed by atoms with E-state index in [4.69, 9.17) is 29.3 Å². The molecule has 0 aromatic carbocycles. The number of β-amino-alcohol motifs (C(OH)–C–C–N with tert-alkyl or cyclic N) is 1. The summed E-state index contributed by atoms with van der Waals surface area (Å²) in [6, 6.07) is 4.06. The summed E-state index contributed by atoms with van der Waals surface area (Å²) in [6.07, 6.45) is 0. The third-order valence-corrected chi connectivity index (χ3v) is 3.24. The summed E-state index contributed by atoms with van der Waals surface area (Å²) in [6.45, 7) is 8.13. The van der Waals surface area contributed by atoms with Gasteiger partial charge in [-0.2, -0.15) is 0 Å². The Hall–Kier alpha value is -1.90. The predicted octanol–water partition coefficient (Wildman–Crippen LogP) is -0.146. The number of aryl methyl sites for hydroxylation is 1. The Bertz CT molecular complexity index is 467. The van der Waals surface area contributed by atoms with Gasteiger partial charge in [0.25, 0.3) is 0 Å². The van der Waals surface area contributed by atoms with Crippen molar-refractivity contribution in [3.63, 3.8) is 0 Å². The standard InChI is InChI=1S/C12H20N2O2.C2H2O4/c1-11-2-3-12(16-11)10-14-6-4-13(5-7-14)8-9-15;3-1(4)2(5)6/h2-3,15H,4-10H2,1H3;(H,3,4)(H,5,6). The van der Waals surface area contributed by atoms with Crippen molar-refractivity contribution in [3.8, 4) is 0 Å². The number of aliphatic hydroxyl groups is 1. The molecule has 1 aliphatic rings. The second-order valence-corrected chi connectivity index (χ2v) is 4.96. The minimum atomic E-state index is -1.82. The molecule has 1 aliphatic heterocycles.